The molecule has 614 valence electrons. The Hall–Kier alpha value is -14.8. The predicted octanol–water partition coefficient (Wildman–Crippen LogP) is 16.2. The number of aliphatic hydroxyl groups is 1. The van der Waals surface area contributed by atoms with Crippen LogP contribution in [-0.2, 0) is 58.4 Å². The van der Waals surface area contributed by atoms with Crippen molar-refractivity contribution in [3.8, 4) is 79.6 Å². The van der Waals surface area contributed by atoms with Crippen molar-refractivity contribution in [2.75, 3.05) is 47.7 Å². The maximum atomic E-state index is 14.5. The number of aromatic nitrogens is 15. The number of nitrogens with one attached hydrogen (secondary N) is 4. The van der Waals surface area contributed by atoms with Crippen molar-refractivity contribution in [2.24, 2.45) is 0 Å². The first-order chi connectivity index (χ1) is 59.2. The molecule has 10 aromatic heterocycles. The third-order valence-corrected chi connectivity index (χ3v) is 21.9. The molecule has 20 rings (SSSR count). The van der Waals surface area contributed by atoms with E-state index >= 15 is 0 Å². The molecule has 1 unspecified atom stereocenters. The summed E-state index contributed by atoms with van der Waals surface area (Å²) in [6.07, 6.45) is 22.4. The van der Waals surface area contributed by atoms with Crippen LogP contribution in [0.3, 0.4) is 0 Å². The normalized spacial score (nSPS) is 12.9. The fourth-order valence-corrected chi connectivity index (χ4v) is 16.0. The second-order valence-electron chi connectivity index (χ2n) is 30.3. The van der Waals surface area contributed by atoms with E-state index in [1.165, 1.54) is 24.3 Å². The molecule has 0 fully saturated rings. The van der Waals surface area contributed by atoms with E-state index in [1.54, 1.807) is 85.2 Å². The van der Waals surface area contributed by atoms with E-state index < -0.39 is 6.10 Å². The largest absolute Gasteiger partial charge is 0.493 e. The van der Waals surface area contributed by atoms with E-state index in [0.29, 0.717) is 136 Å². The van der Waals surface area contributed by atoms with Crippen molar-refractivity contribution in [2.45, 2.75) is 120 Å². The molecule has 4 aliphatic heterocycles. The minimum atomic E-state index is -0.489. The SMILES string of the molecule is Cc1cc(-c2cnc(NCc3c(F)ccc4c3CCO4)n3cc(C)nc23)ccn1.Cc1cn2c(NCc3c(F)ccc4c3CCO4)ncc(-c3cc(C#N)ccc3C)c2n1.Cc1cn2c(NCc3c(F)ccc4c3CCO4)ncc(-c3cccc(C#N)c3C)c2n1.Cc1cn2c(NCc3c(F)ccc4c3CCO4)ncc(-c3cnn(CC(C)O)c3)c2n1. The number of benzene rings is 6. The summed E-state index contributed by atoms with van der Waals surface area (Å²) >= 11 is 0. The van der Waals surface area contributed by atoms with E-state index in [9.17, 15) is 33.2 Å². The molecule has 4 aliphatic rings. The molecular formula is C92H83F4N21O5. The summed E-state index contributed by atoms with van der Waals surface area (Å²) in [5, 5.41) is 45.7. The Morgan fingerprint density at radius 3 is 1.20 bits per heavy atom. The van der Waals surface area contributed by atoms with Crippen LogP contribution in [0, 0.1) is 94.4 Å². The van der Waals surface area contributed by atoms with Gasteiger partial charge >= 0.3 is 0 Å². The van der Waals surface area contributed by atoms with Crippen LogP contribution in [0.5, 0.6) is 23.0 Å². The molecular weight excluding hydrogens is 1560 g/mol. The summed E-state index contributed by atoms with van der Waals surface area (Å²) in [6, 6.07) is 32.1. The zero-order valence-electron chi connectivity index (χ0n) is 68.1. The van der Waals surface area contributed by atoms with Gasteiger partial charge in [-0.2, -0.15) is 15.6 Å². The van der Waals surface area contributed by atoms with Crippen molar-refractivity contribution in [3.63, 3.8) is 0 Å². The number of nitriles is 2. The van der Waals surface area contributed by atoms with Gasteiger partial charge < -0.3 is 45.3 Å². The lowest BCUT2D eigenvalue weighted by atomic mass is 9.98. The number of imidazole rings is 4. The van der Waals surface area contributed by atoms with Gasteiger partial charge in [0.05, 0.1) is 91.3 Å². The molecule has 0 saturated carbocycles. The van der Waals surface area contributed by atoms with E-state index in [-0.39, 0.29) is 23.3 Å². The quantitative estimate of drug-likeness (QED) is 0.0499. The highest BCUT2D eigenvalue weighted by Gasteiger charge is 2.27. The molecule has 6 aromatic carbocycles. The third kappa shape index (κ3) is 16.0. The Labute approximate surface area is 698 Å². The van der Waals surface area contributed by atoms with Crippen LogP contribution in [0.4, 0.5) is 41.4 Å². The average molecular weight is 1640 g/mol. The first-order valence-corrected chi connectivity index (χ1v) is 39.9. The van der Waals surface area contributed by atoms with Crippen molar-refractivity contribution < 1.29 is 41.6 Å². The summed E-state index contributed by atoms with van der Waals surface area (Å²) in [6.45, 7) is 19.2. The number of fused-ring (bicyclic) bond motifs is 8. The Balaban J connectivity index is 0.000000116. The first-order valence-electron chi connectivity index (χ1n) is 39.9. The minimum Gasteiger partial charge on any atom is -0.493 e. The van der Waals surface area contributed by atoms with Gasteiger partial charge in [0, 0.05) is 192 Å². The lowest BCUT2D eigenvalue weighted by molar-refractivity contribution is 0.168. The summed E-state index contributed by atoms with van der Waals surface area (Å²) in [4.78, 5) is 41.4. The number of nitrogens with zero attached hydrogens (tertiary/aromatic N) is 17. The van der Waals surface area contributed by atoms with Gasteiger partial charge in [-0.25, -0.2) is 57.4 Å². The van der Waals surface area contributed by atoms with Crippen LogP contribution in [-0.4, -0.2) is 110 Å². The zero-order valence-corrected chi connectivity index (χ0v) is 68.1. The maximum Gasteiger partial charge on any atom is 0.208 e. The fraction of sp³-hybridized carbons (Fsp3) is 0.239. The van der Waals surface area contributed by atoms with E-state index in [2.05, 4.69) is 83.4 Å². The van der Waals surface area contributed by atoms with Gasteiger partial charge in [-0.3, -0.25) is 27.3 Å². The standard InChI is InChI=1S/2C24H20FN5O.C22H23FN6O2.C22H20FN5O/c1-14-3-4-16(10-26)9-18(14)20-12-28-24(30-13-15(2)29-23(20)30)27-11-19-17-7-8-31-22(17)6-5-21(19)25;1-14-13-30-23(29-14)20(17-5-3-4-16(10-26)15(17)2)12-28-24(30)27-11-19-18-8-9-31-22(18)7-6-21(19)25;1-13-10-29-21(27-13)17(15-7-26-28(12-15)11-14(2)30)8-24-22(29)25-9-18-16-5-6-31-20(16)4-3-19(18)23;1-13-9-15(5-7-24-13)17-10-25-22(28-12-14(2)27-21(17)28)26-11-18-16-6-8-29-20(16)4-3-19(18)23/h3-6,9,12-13H,7-8,11H2,1-2H3,(H,27,28);3-7,12-13H,8-9,11H2,1-2H3,(H,27,28);3-4,7-8,10,12,14,30H,5-6,9,11H2,1-2H3,(H,24,25);3-5,7,9-10,12H,6,8,11H2,1-2H3,(H,25,26). The Morgan fingerprint density at radius 1 is 0.418 bits per heavy atom. The topological polar surface area (TPSA) is 304 Å². The van der Waals surface area contributed by atoms with Gasteiger partial charge in [-0.05, 0) is 162 Å². The smallest absolute Gasteiger partial charge is 0.208 e. The Kier molecular flexibility index (Phi) is 22.1. The number of ether oxygens (including phenoxy) is 4. The number of pyridine rings is 1. The van der Waals surface area contributed by atoms with Gasteiger partial charge in [-0.1, -0.05) is 18.2 Å². The molecule has 30 heteroatoms. The van der Waals surface area contributed by atoms with Crippen LogP contribution in [0.15, 0.2) is 165 Å². The van der Waals surface area contributed by atoms with Crippen LogP contribution in [0.25, 0.3) is 67.1 Å². The molecule has 122 heavy (non-hydrogen) atoms. The molecule has 14 heterocycles. The summed E-state index contributed by atoms with van der Waals surface area (Å²) in [5.74, 6) is 4.36. The van der Waals surface area contributed by atoms with Gasteiger partial charge in [0.2, 0.25) is 23.8 Å². The van der Waals surface area contributed by atoms with E-state index in [4.69, 9.17) is 18.9 Å². The highest BCUT2D eigenvalue weighted by atomic mass is 19.1. The lowest BCUT2D eigenvalue weighted by Crippen LogP contribution is -2.11. The third-order valence-electron chi connectivity index (χ3n) is 21.9. The molecule has 0 spiro atoms. The Morgan fingerprint density at radius 2 is 0.811 bits per heavy atom. The van der Waals surface area contributed by atoms with E-state index in [1.807, 2.05) is 133 Å². The van der Waals surface area contributed by atoms with Crippen molar-refractivity contribution >= 4 is 46.4 Å². The first kappa shape index (κ1) is 79.7. The highest BCUT2D eigenvalue weighted by molar-refractivity contribution is 5.84. The van der Waals surface area contributed by atoms with Crippen LogP contribution in [0.2, 0.25) is 0 Å². The van der Waals surface area contributed by atoms with Crippen LogP contribution < -0.4 is 40.2 Å². The second-order valence-corrected chi connectivity index (χ2v) is 30.3. The van der Waals surface area contributed by atoms with Crippen LogP contribution >= 0.6 is 0 Å². The summed E-state index contributed by atoms with van der Waals surface area (Å²) in [7, 11) is 0. The van der Waals surface area contributed by atoms with Crippen LogP contribution in [0.1, 0.15) is 102 Å². The molecule has 5 N–H and O–H groups in total. The number of rotatable bonds is 18. The molecule has 0 amide bonds. The van der Waals surface area contributed by atoms with Gasteiger partial charge in [0.15, 0.2) is 0 Å². The zero-order chi connectivity index (χ0) is 84.6. The number of aryl methyl sites for hydroxylation is 6. The molecule has 26 nitrogen and oxygen atoms in total. The number of hydrogen-bond donors (Lipinski definition) is 5. The highest BCUT2D eigenvalue weighted by Crippen LogP contribution is 2.39. The number of hydrogen-bond acceptors (Lipinski definition) is 21. The molecule has 0 saturated heterocycles. The molecule has 0 aliphatic carbocycles. The minimum absolute atomic E-state index is 0.233. The fourth-order valence-electron chi connectivity index (χ4n) is 16.0. The van der Waals surface area contributed by atoms with Gasteiger partial charge in [0.25, 0.3) is 0 Å². The molecule has 0 bridgehead atoms. The monoisotopic (exact) mass is 1640 g/mol. The lowest BCUT2D eigenvalue weighted by Gasteiger charge is -2.14. The molecule has 16 aromatic rings. The number of aliphatic hydroxyl groups excluding tert-OH is 1. The Bertz CT molecular complexity index is 6710. The summed E-state index contributed by atoms with van der Waals surface area (Å²) < 4.78 is 89.4. The molecule has 0 radical (unpaired) electrons. The molecule has 1 atom stereocenters. The maximum absolute atomic E-state index is 14.5. The predicted molar refractivity (Wildman–Crippen MR) is 453 cm³/mol. The number of halogens is 4. The van der Waals surface area contributed by atoms with E-state index in [0.717, 1.165) is 158 Å². The van der Waals surface area contributed by atoms with Crippen molar-refractivity contribution in [1.82, 2.24) is 72.2 Å². The average Bonchev–Trinajstić information content (AvgIpc) is 1.61. The van der Waals surface area contributed by atoms with Gasteiger partial charge in [-0.15, -0.1) is 0 Å². The van der Waals surface area contributed by atoms with Crippen molar-refractivity contribution in [1.29, 1.82) is 10.5 Å². The number of anilines is 4. The van der Waals surface area contributed by atoms with Crippen molar-refractivity contribution in [3.05, 3.63) is 284 Å². The summed E-state index contributed by atoms with van der Waals surface area (Å²) in [5.41, 5.74) is 23.7. The second kappa shape index (κ2) is 33.9. The van der Waals surface area contributed by atoms with Gasteiger partial charge in [0.1, 0.15) is 68.9 Å².